The zero-order valence-corrected chi connectivity index (χ0v) is 9.84. The molecule has 2 aromatic rings. The van der Waals surface area contributed by atoms with E-state index in [9.17, 15) is 9.90 Å². The number of amides is 1. The first-order valence-corrected chi connectivity index (χ1v) is 5.73. The van der Waals surface area contributed by atoms with Crippen LogP contribution in [0.25, 0.3) is 0 Å². The summed E-state index contributed by atoms with van der Waals surface area (Å²) in [5.41, 5.74) is 9.50. The summed E-state index contributed by atoms with van der Waals surface area (Å²) in [7, 11) is 0. The van der Waals surface area contributed by atoms with Crippen LogP contribution in [0, 0.1) is 0 Å². The van der Waals surface area contributed by atoms with E-state index in [1.807, 2.05) is 42.5 Å². The van der Waals surface area contributed by atoms with E-state index in [1.165, 1.54) is 0 Å². The number of aliphatic hydroxyl groups excluding tert-OH is 1. The molecule has 3 heteroatoms. The lowest BCUT2D eigenvalue weighted by Gasteiger charge is -2.12. The van der Waals surface area contributed by atoms with Crippen LogP contribution >= 0.6 is 0 Å². The van der Waals surface area contributed by atoms with Crippen LogP contribution < -0.4 is 5.73 Å². The molecule has 0 fully saturated rings. The highest BCUT2D eigenvalue weighted by molar-refractivity contribution is 5.79. The molecule has 2 aromatic carbocycles. The number of rotatable bonds is 4. The van der Waals surface area contributed by atoms with Crippen LogP contribution in [0.3, 0.4) is 0 Å². The Morgan fingerprint density at radius 2 is 1.67 bits per heavy atom. The first kappa shape index (κ1) is 12.3. The van der Waals surface area contributed by atoms with Gasteiger partial charge in [-0.15, -0.1) is 0 Å². The van der Waals surface area contributed by atoms with E-state index in [1.54, 1.807) is 12.1 Å². The minimum absolute atomic E-state index is 0.515. The van der Waals surface area contributed by atoms with Crippen LogP contribution in [0.2, 0.25) is 0 Å². The van der Waals surface area contributed by atoms with Gasteiger partial charge in [-0.05, 0) is 23.1 Å². The Labute approximate surface area is 106 Å². The van der Waals surface area contributed by atoms with Gasteiger partial charge in [0.2, 0.25) is 0 Å². The molecule has 2 rings (SSSR count). The Morgan fingerprint density at radius 3 is 2.33 bits per heavy atom. The quantitative estimate of drug-likeness (QED) is 0.889. The van der Waals surface area contributed by atoms with Gasteiger partial charge in [0.05, 0.1) is 0 Å². The van der Waals surface area contributed by atoms with Crippen LogP contribution in [-0.4, -0.2) is 11.0 Å². The molecule has 1 radical (unpaired) electrons. The highest BCUT2D eigenvalue weighted by Gasteiger charge is 2.17. The summed E-state index contributed by atoms with van der Waals surface area (Å²) in [5.74, 6) is -0.976. The maximum Gasteiger partial charge on any atom is 0.271 e. The van der Waals surface area contributed by atoms with E-state index in [4.69, 9.17) is 5.73 Å². The number of benzene rings is 2. The molecule has 0 aliphatic carbocycles. The van der Waals surface area contributed by atoms with Crippen LogP contribution in [0.15, 0.2) is 54.6 Å². The average Bonchev–Trinajstić information content (AvgIpc) is 2.39. The molecule has 0 saturated carbocycles. The Morgan fingerprint density at radius 1 is 1.06 bits per heavy atom. The van der Waals surface area contributed by atoms with Crippen LogP contribution in [-0.2, 0) is 11.2 Å². The summed E-state index contributed by atoms with van der Waals surface area (Å²) >= 11 is 0. The Balaban J connectivity index is 2.31. The molecule has 1 atom stereocenters. The standard InChI is InChI=1S/C15H14NO2/c16-15(18)14(17)13-9-5-4-8-12(13)10-11-6-2-1-3-7-11/h1-9,14,16-17H,10H2. The summed E-state index contributed by atoms with van der Waals surface area (Å²) in [6, 6.07) is 17.0. The number of aliphatic hydroxyl groups is 1. The smallest absolute Gasteiger partial charge is 0.271 e. The van der Waals surface area contributed by atoms with Gasteiger partial charge in [0, 0.05) is 0 Å². The number of carbonyl (C=O) groups excluding carboxylic acids is 1. The molecular formula is C15H14NO2. The number of nitrogens with one attached hydrogen (secondary N) is 1. The van der Waals surface area contributed by atoms with Crippen molar-refractivity contribution in [2.24, 2.45) is 0 Å². The lowest BCUT2D eigenvalue weighted by atomic mass is 9.96. The molecule has 0 aliphatic heterocycles. The normalized spacial score (nSPS) is 12.1. The topological polar surface area (TPSA) is 61.1 Å². The number of hydrogen-bond acceptors (Lipinski definition) is 2. The summed E-state index contributed by atoms with van der Waals surface area (Å²) in [4.78, 5) is 11.0. The van der Waals surface area contributed by atoms with Gasteiger partial charge in [0.25, 0.3) is 5.91 Å². The van der Waals surface area contributed by atoms with E-state index in [0.29, 0.717) is 12.0 Å². The number of carbonyl (C=O) groups is 1. The van der Waals surface area contributed by atoms with Gasteiger partial charge in [0.15, 0.2) is 6.10 Å². The fourth-order valence-corrected chi connectivity index (χ4v) is 1.92. The minimum atomic E-state index is -1.36. The molecule has 91 valence electrons. The van der Waals surface area contributed by atoms with Crippen molar-refractivity contribution >= 4 is 5.91 Å². The molecule has 1 unspecified atom stereocenters. The first-order chi connectivity index (χ1) is 8.68. The van der Waals surface area contributed by atoms with E-state index in [2.05, 4.69) is 0 Å². The third-order valence-corrected chi connectivity index (χ3v) is 2.84. The number of hydrogen-bond donors (Lipinski definition) is 1. The monoisotopic (exact) mass is 240 g/mol. The van der Waals surface area contributed by atoms with Gasteiger partial charge in [-0.2, -0.15) is 0 Å². The average molecular weight is 240 g/mol. The molecular weight excluding hydrogens is 226 g/mol. The van der Waals surface area contributed by atoms with Crippen molar-refractivity contribution in [3.63, 3.8) is 0 Å². The van der Waals surface area contributed by atoms with Gasteiger partial charge < -0.3 is 5.11 Å². The molecule has 2 N–H and O–H groups in total. The second-order valence-electron chi connectivity index (χ2n) is 4.13. The van der Waals surface area contributed by atoms with Crippen molar-refractivity contribution < 1.29 is 9.90 Å². The third kappa shape index (κ3) is 2.76. The van der Waals surface area contributed by atoms with Gasteiger partial charge >= 0.3 is 0 Å². The lowest BCUT2D eigenvalue weighted by molar-refractivity contribution is -0.127. The zero-order chi connectivity index (χ0) is 13.0. The molecule has 0 aliphatic rings. The Kier molecular flexibility index (Phi) is 3.75. The predicted octanol–water partition coefficient (Wildman–Crippen LogP) is 2.12. The van der Waals surface area contributed by atoms with E-state index >= 15 is 0 Å². The van der Waals surface area contributed by atoms with E-state index in [0.717, 1.165) is 11.1 Å². The predicted molar refractivity (Wildman–Crippen MR) is 68.8 cm³/mol. The molecule has 18 heavy (non-hydrogen) atoms. The maximum atomic E-state index is 11.0. The van der Waals surface area contributed by atoms with Crippen molar-refractivity contribution in [3.05, 3.63) is 71.3 Å². The molecule has 0 spiro atoms. The minimum Gasteiger partial charge on any atom is -0.378 e. The Bertz CT molecular complexity index is 537. The van der Waals surface area contributed by atoms with Crippen LogP contribution in [0.1, 0.15) is 22.8 Å². The van der Waals surface area contributed by atoms with E-state index < -0.39 is 12.0 Å². The molecule has 1 amide bonds. The molecule has 0 heterocycles. The highest BCUT2D eigenvalue weighted by atomic mass is 16.3. The van der Waals surface area contributed by atoms with Gasteiger partial charge in [-0.1, -0.05) is 54.6 Å². The zero-order valence-electron chi connectivity index (χ0n) is 9.84. The second kappa shape index (κ2) is 5.47. The molecule has 3 nitrogen and oxygen atoms in total. The SMILES string of the molecule is [NH]C(=O)C(O)c1ccccc1Cc1ccccc1. The largest absolute Gasteiger partial charge is 0.378 e. The molecule has 0 bridgehead atoms. The third-order valence-electron chi connectivity index (χ3n) is 2.84. The van der Waals surface area contributed by atoms with Crippen LogP contribution in [0.5, 0.6) is 0 Å². The summed E-state index contributed by atoms with van der Waals surface area (Å²) in [6.07, 6.45) is -0.716. The highest BCUT2D eigenvalue weighted by Crippen LogP contribution is 2.20. The fraction of sp³-hybridized carbons (Fsp3) is 0.133. The van der Waals surface area contributed by atoms with Gasteiger partial charge in [0.1, 0.15) is 0 Å². The molecule has 0 aromatic heterocycles. The summed E-state index contributed by atoms with van der Waals surface area (Å²) in [5, 5.41) is 9.72. The Hall–Kier alpha value is -2.13. The van der Waals surface area contributed by atoms with Crippen molar-refractivity contribution in [2.75, 3.05) is 0 Å². The van der Waals surface area contributed by atoms with Crippen molar-refractivity contribution in [3.8, 4) is 0 Å². The van der Waals surface area contributed by atoms with Gasteiger partial charge in [-0.3, -0.25) is 10.5 Å². The van der Waals surface area contributed by atoms with E-state index in [-0.39, 0.29) is 0 Å². The van der Waals surface area contributed by atoms with Gasteiger partial charge in [-0.25, -0.2) is 0 Å². The van der Waals surface area contributed by atoms with Crippen molar-refractivity contribution in [1.29, 1.82) is 0 Å². The van der Waals surface area contributed by atoms with Crippen molar-refractivity contribution in [2.45, 2.75) is 12.5 Å². The maximum absolute atomic E-state index is 11.0. The molecule has 0 saturated heterocycles. The fourth-order valence-electron chi connectivity index (χ4n) is 1.92. The van der Waals surface area contributed by atoms with Crippen LogP contribution in [0.4, 0.5) is 0 Å². The van der Waals surface area contributed by atoms with Crippen molar-refractivity contribution in [1.82, 2.24) is 5.73 Å². The first-order valence-electron chi connectivity index (χ1n) is 5.73. The second-order valence-corrected chi connectivity index (χ2v) is 4.13. The summed E-state index contributed by atoms with van der Waals surface area (Å²) < 4.78 is 0. The summed E-state index contributed by atoms with van der Waals surface area (Å²) in [6.45, 7) is 0. The lowest BCUT2D eigenvalue weighted by Crippen LogP contribution is -2.14.